The highest BCUT2D eigenvalue weighted by atomic mass is 16.5. The lowest BCUT2D eigenvalue weighted by Gasteiger charge is -2.28. The van der Waals surface area contributed by atoms with Gasteiger partial charge in [-0.05, 0) is 17.7 Å². The van der Waals surface area contributed by atoms with E-state index in [1.807, 2.05) is 12.1 Å². The molecule has 0 aromatic heterocycles. The molecule has 1 fully saturated rings. The van der Waals surface area contributed by atoms with E-state index >= 15 is 0 Å². The van der Waals surface area contributed by atoms with Crippen molar-refractivity contribution in [2.75, 3.05) is 67.7 Å². The van der Waals surface area contributed by atoms with Crippen molar-refractivity contribution >= 4 is 0 Å². The molecule has 1 aliphatic heterocycles. The summed E-state index contributed by atoms with van der Waals surface area (Å²) in [6, 6.07) is 3.73. The van der Waals surface area contributed by atoms with Gasteiger partial charge in [0, 0.05) is 0 Å². The molecule has 1 heterocycles. The smallest absolute Gasteiger partial charge is 0.203 e. The summed E-state index contributed by atoms with van der Waals surface area (Å²) in [5, 5.41) is 10.2. The third kappa shape index (κ3) is 5.74. The Bertz CT molecular complexity index is 507. The van der Waals surface area contributed by atoms with Crippen molar-refractivity contribution in [1.29, 1.82) is 0 Å². The van der Waals surface area contributed by atoms with Crippen LogP contribution in [-0.4, -0.2) is 78.9 Å². The number of aliphatic hydroxyl groups excluding tert-OH is 1. The van der Waals surface area contributed by atoms with Crippen molar-refractivity contribution in [3.05, 3.63) is 17.7 Å². The van der Waals surface area contributed by atoms with Crippen LogP contribution in [0, 0.1) is 0 Å². The Morgan fingerprint density at radius 1 is 1.00 bits per heavy atom. The third-order valence-corrected chi connectivity index (χ3v) is 4.64. The second-order valence-corrected chi connectivity index (χ2v) is 6.61. The minimum atomic E-state index is -0.449. The highest BCUT2D eigenvalue weighted by Gasteiger charge is 2.22. The van der Waals surface area contributed by atoms with Crippen LogP contribution in [0.15, 0.2) is 12.1 Å². The van der Waals surface area contributed by atoms with Crippen molar-refractivity contribution in [2.45, 2.75) is 12.7 Å². The van der Waals surface area contributed by atoms with E-state index in [0.717, 1.165) is 38.3 Å². The van der Waals surface area contributed by atoms with Crippen molar-refractivity contribution in [3.8, 4) is 17.2 Å². The predicted octanol–water partition coefficient (Wildman–Crippen LogP) is -2.00. The van der Waals surface area contributed by atoms with Crippen LogP contribution < -0.4 is 24.0 Å². The molecule has 1 aromatic carbocycles. The lowest BCUT2D eigenvalue weighted by molar-refractivity contribution is -1.00. The van der Waals surface area contributed by atoms with Crippen LogP contribution in [0.1, 0.15) is 5.56 Å². The van der Waals surface area contributed by atoms with E-state index < -0.39 is 6.10 Å². The van der Waals surface area contributed by atoms with Gasteiger partial charge in [-0.2, -0.15) is 0 Å². The Kier molecular flexibility index (Phi) is 7.77. The van der Waals surface area contributed by atoms with Gasteiger partial charge in [-0.25, -0.2) is 0 Å². The van der Waals surface area contributed by atoms with Crippen molar-refractivity contribution in [2.24, 2.45) is 0 Å². The van der Waals surface area contributed by atoms with E-state index in [4.69, 9.17) is 18.9 Å². The highest BCUT2D eigenvalue weighted by Crippen LogP contribution is 2.38. The lowest BCUT2D eigenvalue weighted by atomic mass is 10.2. The first-order valence-electron chi connectivity index (χ1n) is 8.77. The molecule has 0 amide bonds. The summed E-state index contributed by atoms with van der Waals surface area (Å²) in [5.41, 5.74) is 0.914. The maximum absolute atomic E-state index is 10.2. The Morgan fingerprint density at radius 2 is 1.60 bits per heavy atom. The summed E-state index contributed by atoms with van der Waals surface area (Å²) >= 11 is 0. The number of ether oxygens (including phenoxy) is 4. The summed E-state index contributed by atoms with van der Waals surface area (Å²) in [6.07, 6.45) is -0.449. The SMILES string of the molecule is COc1cc(COC[C@H](O)C[NH+]2CC[NH+](C)CC2)cc(OC)c1OC. The van der Waals surface area contributed by atoms with E-state index in [2.05, 4.69) is 7.05 Å². The van der Waals surface area contributed by atoms with Crippen LogP contribution in [0.2, 0.25) is 0 Å². The number of nitrogens with one attached hydrogen (secondary N) is 2. The molecule has 0 saturated carbocycles. The second-order valence-electron chi connectivity index (χ2n) is 6.61. The van der Waals surface area contributed by atoms with Crippen LogP contribution in [0.5, 0.6) is 17.2 Å². The van der Waals surface area contributed by atoms with Gasteiger partial charge >= 0.3 is 0 Å². The van der Waals surface area contributed by atoms with Crippen molar-refractivity contribution in [1.82, 2.24) is 0 Å². The molecule has 1 aromatic rings. The van der Waals surface area contributed by atoms with Crippen molar-refractivity contribution < 1.29 is 33.9 Å². The van der Waals surface area contributed by atoms with Gasteiger partial charge in [-0.1, -0.05) is 0 Å². The van der Waals surface area contributed by atoms with Gasteiger partial charge in [-0.15, -0.1) is 0 Å². The Balaban J connectivity index is 1.82. The standard InChI is InChI=1S/C18H30N2O5/c1-19-5-7-20(8-6-19)11-15(21)13-25-12-14-9-16(22-2)18(24-4)17(10-14)23-3/h9-10,15,21H,5-8,11-13H2,1-4H3/p+2/t15-/m1/s1. The molecule has 0 aliphatic carbocycles. The molecule has 0 bridgehead atoms. The maximum Gasteiger partial charge on any atom is 0.203 e. The molecule has 1 atom stereocenters. The molecule has 0 spiro atoms. The summed E-state index contributed by atoms with van der Waals surface area (Å²) < 4.78 is 21.7. The van der Waals surface area contributed by atoms with E-state index in [9.17, 15) is 5.11 Å². The number of aliphatic hydroxyl groups is 1. The molecular formula is C18H32N2O5+2. The number of hydrogen-bond acceptors (Lipinski definition) is 5. The summed E-state index contributed by atoms with van der Waals surface area (Å²) in [6.45, 7) is 5.98. The van der Waals surface area contributed by atoms with Crippen LogP contribution in [-0.2, 0) is 11.3 Å². The Hall–Kier alpha value is -1.54. The number of rotatable bonds is 9. The largest absolute Gasteiger partial charge is 0.493 e. The normalized spacial score (nSPS) is 21.6. The fourth-order valence-electron chi connectivity index (χ4n) is 3.16. The van der Waals surface area contributed by atoms with Crippen LogP contribution in [0.4, 0.5) is 0 Å². The first-order valence-corrected chi connectivity index (χ1v) is 8.77. The lowest BCUT2D eigenvalue weighted by Crippen LogP contribution is -3.27. The number of methoxy groups -OCH3 is 3. The van der Waals surface area contributed by atoms with Crippen molar-refractivity contribution in [3.63, 3.8) is 0 Å². The summed E-state index contributed by atoms with van der Waals surface area (Å²) in [4.78, 5) is 3.02. The third-order valence-electron chi connectivity index (χ3n) is 4.64. The van der Waals surface area contributed by atoms with E-state index in [1.54, 1.807) is 26.2 Å². The molecule has 7 nitrogen and oxygen atoms in total. The van der Waals surface area contributed by atoms with Gasteiger partial charge in [-0.3, -0.25) is 0 Å². The zero-order valence-electron chi connectivity index (χ0n) is 15.8. The molecule has 0 radical (unpaired) electrons. The minimum Gasteiger partial charge on any atom is -0.493 e. The van der Waals surface area contributed by atoms with Crippen LogP contribution in [0.3, 0.4) is 0 Å². The number of piperazine rings is 1. The number of benzene rings is 1. The zero-order valence-corrected chi connectivity index (χ0v) is 15.8. The molecule has 25 heavy (non-hydrogen) atoms. The average Bonchev–Trinajstić information content (AvgIpc) is 2.62. The monoisotopic (exact) mass is 356 g/mol. The summed E-state index contributed by atoms with van der Waals surface area (Å²) in [7, 11) is 6.97. The van der Waals surface area contributed by atoms with Gasteiger partial charge in [0.15, 0.2) is 11.5 Å². The van der Waals surface area contributed by atoms with Gasteiger partial charge < -0.3 is 33.9 Å². The topological polar surface area (TPSA) is 66.0 Å². The Morgan fingerprint density at radius 3 is 2.12 bits per heavy atom. The number of likely N-dealkylation sites (N-methyl/N-ethyl adjacent to an activating group) is 1. The fraction of sp³-hybridized carbons (Fsp3) is 0.667. The number of hydrogen-bond donors (Lipinski definition) is 3. The van der Waals surface area contributed by atoms with Gasteiger partial charge in [0.05, 0.1) is 41.6 Å². The number of quaternary nitrogens is 2. The highest BCUT2D eigenvalue weighted by molar-refractivity contribution is 5.53. The first kappa shape index (κ1) is 19.8. The maximum atomic E-state index is 10.2. The molecule has 1 saturated heterocycles. The molecule has 2 rings (SSSR count). The average molecular weight is 356 g/mol. The van der Waals surface area contributed by atoms with E-state index in [0.29, 0.717) is 30.5 Å². The Labute approximate surface area is 150 Å². The fourth-order valence-corrected chi connectivity index (χ4v) is 3.16. The molecule has 0 unspecified atom stereocenters. The minimum absolute atomic E-state index is 0.322. The molecule has 142 valence electrons. The molecular weight excluding hydrogens is 324 g/mol. The zero-order chi connectivity index (χ0) is 18.2. The van der Waals surface area contributed by atoms with Gasteiger partial charge in [0.25, 0.3) is 0 Å². The molecule has 3 N–H and O–H groups in total. The van der Waals surface area contributed by atoms with Gasteiger partial charge in [0.2, 0.25) is 5.75 Å². The van der Waals surface area contributed by atoms with Gasteiger partial charge in [0.1, 0.15) is 38.8 Å². The molecule has 1 aliphatic rings. The predicted molar refractivity (Wildman–Crippen MR) is 93.9 cm³/mol. The van der Waals surface area contributed by atoms with Crippen LogP contribution >= 0.6 is 0 Å². The van der Waals surface area contributed by atoms with Crippen LogP contribution in [0.25, 0.3) is 0 Å². The quantitative estimate of drug-likeness (QED) is 0.478. The van der Waals surface area contributed by atoms with E-state index in [-0.39, 0.29) is 0 Å². The summed E-state index contributed by atoms with van der Waals surface area (Å²) in [5.74, 6) is 1.77. The molecule has 7 heteroatoms. The first-order chi connectivity index (χ1) is 12.1. The second kappa shape index (κ2) is 9.82. The van der Waals surface area contributed by atoms with E-state index in [1.165, 1.54) is 4.90 Å².